The first kappa shape index (κ1) is 20.1. The molecule has 2 N–H and O–H groups in total. The number of nitrogens with one attached hydrogen (secondary N) is 2. The molecule has 0 unspecified atom stereocenters. The second-order valence-electron chi connectivity index (χ2n) is 6.35. The minimum absolute atomic E-state index is 0.154. The fourth-order valence-electron chi connectivity index (χ4n) is 2.72. The smallest absolute Gasteiger partial charge is 0.338 e. The number of anilines is 2. The Morgan fingerprint density at radius 3 is 2.31 bits per heavy atom. The molecule has 0 saturated carbocycles. The molecule has 1 amide bonds. The molecule has 3 aromatic rings. The Kier molecular flexibility index (Phi) is 6.95. The first-order chi connectivity index (χ1) is 14.2. The van der Waals surface area contributed by atoms with Gasteiger partial charge in [-0.2, -0.15) is 0 Å². The molecule has 0 atom stereocenters. The molecule has 0 saturated heterocycles. The van der Waals surface area contributed by atoms with Crippen LogP contribution in [0.4, 0.5) is 11.5 Å². The molecule has 3 rings (SSSR count). The van der Waals surface area contributed by atoms with Crippen LogP contribution in [-0.4, -0.2) is 30.0 Å². The molecule has 29 heavy (non-hydrogen) atoms. The number of carbonyl (C=O) groups is 2. The molecule has 2 aromatic carbocycles. The van der Waals surface area contributed by atoms with Gasteiger partial charge >= 0.3 is 5.97 Å². The maximum atomic E-state index is 12.2. The van der Waals surface area contributed by atoms with Crippen molar-refractivity contribution in [3.8, 4) is 0 Å². The molecule has 1 heterocycles. The minimum Gasteiger partial charge on any atom is -0.462 e. The van der Waals surface area contributed by atoms with Crippen molar-refractivity contribution in [1.82, 2.24) is 10.3 Å². The highest BCUT2D eigenvalue weighted by atomic mass is 16.5. The van der Waals surface area contributed by atoms with E-state index in [0.717, 1.165) is 12.1 Å². The van der Waals surface area contributed by atoms with Crippen molar-refractivity contribution in [3.63, 3.8) is 0 Å². The molecule has 0 aliphatic carbocycles. The van der Waals surface area contributed by atoms with E-state index in [1.165, 1.54) is 11.8 Å². The summed E-state index contributed by atoms with van der Waals surface area (Å²) >= 11 is 0. The third-order valence-corrected chi connectivity index (χ3v) is 4.24. The normalized spacial score (nSPS) is 10.2. The average molecular weight is 389 g/mol. The Labute approximate surface area is 169 Å². The maximum absolute atomic E-state index is 12.2. The summed E-state index contributed by atoms with van der Waals surface area (Å²) < 4.78 is 4.97. The van der Waals surface area contributed by atoms with Gasteiger partial charge in [0.2, 0.25) is 0 Å². The summed E-state index contributed by atoms with van der Waals surface area (Å²) in [4.78, 5) is 28.2. The predicted octanol–water partition coefficient (Wildman–Crippen LogP) is 3.97. The Morgan fingerprint density at radius 1 is 0.931 bits per heavy atom. The third kappa shape index (κ3) is 5.90. The van der Waals surface area contributed by atoms with Crippen LogP contribution in [-0.2, 0) is 11.2 Å². The number of hydrogen-bond acceptors (Lipinski definition) is 5. The van der Waals surface area contributed by atoms with Crippen molar-refractivity contribution in [2.24, 2.45) is 0 Å². The predicted molar refractivity (Wildman–Crippen MR) is 112 cm³/mol. The average Bonchev–Trinajstić information content (AvgIpc) is 2.75. The lowest BCUT2D eigenvalue weighted by molar-refractivity contribution is 0.0526. The van der Waals surface area contributed by atoms with Gasteiger partial charge < -0.3 is 15.4 Å². The van der Waals surface area contributed by atoms with E-state index in [9.17, 15) is 9.59 Å². The van der Waals surface area contributed by atoms with Crippen LogP contribution in [0.5, 0.6) is 0 Å². The van der Waals surface area contributed by atoms with Crippen LogP contribution >= 0.6 is 0 Å². The van der Waals surface area contributed by atoms with Crippen molar-refractivity contribution in [2.45, 2.75) is 13.3 Å². The van der Waals surface area contributed by atoms with Crippen molar-refractivity contribution < 1.29 is 14.3 Å². The number of pyridine rings is 1. The van der Waals surface area contributed by atoms with Gasteiger partial charge in [-0.25, -0.2) is 9.78 Å². The van der Waals surface area contributed by atoms with Crippen molar-refractivity contribution in [2.75, 3.05) is 18.5 Å². The summed E-state index contributed by atoms with van der Waals surface area (Å²) in [6.07, 6.45) is 2.31. The van der Waals surface area contributed by atoms with E-state index < -0.39 is 0 Å². The number of nitrogens with zero attached hydrogens (tertiary/aromatic N) is 1. The fourth-order valence-corrected chi connectivity index (χ4v) is 2.72. The van der Waals surface area contributed by atoms with Gasteiger partial charge in [-0.05, 0) is 55.3 Å². The van der Waals surface area contributed by atoms with E-state index in [1.807, 2.05) is 30.3 Å². The highest BCUT2D eigenvalue weighted by Gasteiger charge is 2.08. The van der Waals surface area contributed by atoms with Gasteiger partial charge in [-0.1, -0.05) is 30.3 Å². The Hall–Kier alpha value is -3.67. The monoisotopic (exact) mass is 389 g/mol. The quantitative estimate of drug-likeness (QED) is 0.570. The van der Waals surface area contributed by atoms with Crippen molar-refractivity contribution in [3.05, 3.63) is 89.6 Å². The number of hydrogen-bond donors (Lipinski definition) is 2. The number of ether oxygens (including phenoxy) is 1. The van der Waals surface area contributed by atoms with Gasteiger partial charge in [-0.3, -0.25) is 4.79 Å². The molecule has 0 aliphatic rings. The van der Waals surface area contributed by atoms with Crippen LogP contribution in [0.3, 0.4) is 0 Å². The lowest BCUT2D eigenvalue weighted by Gasteiger charge is -2.08. The second kappa shape index (κ2) is 10.0. The van der Waals surface area contributed by atoms with Gasteiger partial charge in [0.1, 0.15) is 5.82 Å². The van der Waals surface area contributed by atoms with Crippen LogP contribution in [0.2, 0.25) is 0 Å². The third-order valence-electron chi connectivity index (χ3n) is 4.24. The SMILES string of the molecule is CCOC(=O)c1ccc(Nc2ccc(C(=O)NCCc3ccccc3)cn2)cc1. The number of benzene rings is 2. The number of aromatic nitrogens is 1. The molecular weight excluding hydrogens is 366 g/mol. The topological polar surface area (TPSA) is 80.3 Å². The van der Waals surface area contributed by atoms with Crippen LogP contribution in [0.25, 0.3) is 0 Å². The van der Waals surface area contributed by atoms with Gasteiger partial charge in [0.25, 0.3) is 5.91 Å². The molecule has 1 aromatic heterocycles. The molecule has 0 spiro atoms. The minimum atomic E-state index is -0.347. The molecule has 0 bridgehead atoms. The number of carbonyl (C=O) groups excluding carboxylic acids is 2. The van der Waals surface area contributed by atoms with Crippen LogP contribution in [0.1, 0.15) is 33.2 Å². The zero-order chi connectivity index (χ0) is 20.5. The molecule has 148 valence electrons. The molecule has 0 aliphatic heterocycles. The highest BCUT2D eigenvalue weighted by molar-refractivity contribution is 5.94. The summed E-state index contributed by atoms with van der Waals surface area (Å²) in [6.45, 7) is 2.68. The Balaban J connectivity index is 1.51. The summed E-state index contributed by atoms with van der Waals surface area (Å²) in [6, 6.07) is 20.4. The summed E-state index contributed by atoms with van der Waals surface area (Å²) in [5.74, 6) is 0.105. The van der Waals surface area contributed by atoms with E-state index >= 15 is 0 Å². The zero-order valence-electron chi connectivity index (χ0n) is 16.2. The lowest BCUT2D eigenvalue weighted by Crippen LogP contribution is -2.25. The summed E-state index contributed by atoms with van der Waals surface area (Å²) in [5, 5.41) is 6.04. The van der Waals surface area contributed by atoms with E-state index in [4.69, 9.17) is 4.74 Å². The van der Waals surface area contributed by atoms with Gasteiger partial charge in [0.15, 0.2) is 0 Å². The fraction of sp³-hybridized carbons (Fsp3) is 0.174. The van der Waals surface area contributed by atoms with E-state index in [0.29, 0.717) is 30.1 Å². The van der Waals surface area contributed by atoms with Crippen molar-refractivity contribution in [1.29, 1.82) is 0 Å². The molecular formula is C23H23N3O3. The van der Waals surface area contributed by atoms with Gasteiger partial charge in [0, 0.05) is 18.4 Å². The molecule has 6 heteroatoms. The zero-order valence-corrected chi connectivity index (χ0v) is 16.2. The largest absolute Gasteiger partial charge is 0.462 e. The van der Waals surface area contributed by atoms with E-state index in [1.54, 1.807) is 43.3 Å². The molecule has 0 fully saturated rings. The molecule has 6 nitrogen and oxygen atoms in total. The standard InChI is InChI=1S/C23H23N3O3/c1-2-29-23(28)18-8-11-20(12-9-18)26-21-13-10-19(16-25-21)22(27)24-15-14-17-6-4-3-5-7-17/h3-13,16H,2,14-15H2,1H3,(H,24,27)(H,25,26). The van der Waals surface area contributed by atoms with Crippen molar-refractivity contribution >= 4 is 23.4 Å². The van der Waals surface area contributed by atoms with Crippen LogP contribution in [0, 0.1) is 0 Å². The van der Waals surface area contributed by atoms with Crippen LogP contribution < -0.4 is 10.6 Å². The Morgan fingerprint density at radius 2 is 1.66 bits per heavy atom. The first-order valence-electron chi connectivity index (χ1n) is 9.48. The second-order valence-corrected chi connectivity index (χ2v) is 6.35. The molecule has 0 radical (unpaired) electrons. The van der Waals surface area contributed by atoms with E-state index in [-0.39, 0.29) is 11.9 Å². The van der Waals surface area contributed by atoms with Gasteiger partial charge in [0.05, 0.1) is 17.7 Å². The highest BCUT2D eigenvalue weighted by Crippen LogP contribution is 2.16. The maximum Gasteiger partial charge on any atom is 0.338 e. The lowest BCUT2D eigenvalue weighted by atomic mass is 10.1. The summed E-state index contributed by atoms with van der Waals surface area (Å²) in [7, 11) is 0. The van der Waals surface area contributed by atoms with Gasteiger partial charge in [-0.15, -0.1) is 0 Å². The van der Waals surface area contributed by atoms with E-state index in [2.05, 4.69) is 15.6 Å². The van der Waals surface area contributed by atoms with Crippen LogP contribution in [0.15, 0.2) is 72.9 Å². The summed E-state index contributed by atoms with van der Waals surface area (Å²) in [5.41, 5.74) is 2.96. The number of amides is 1. The number of rotatable bonds is 8. The first-order valence-corrected chi connectivity index (χ1v) is 9.48. The number of esters is 1. The Bertz CT molecular complexity index is 939.